The lowest BCUT2D eigenvalue weighted by Gasteiger charge is -2.14. The number of aromatic nitrogens is 2. The molecular weight excluding hydrogens is 879 g/mol. The first-order valence-electron chi connectivity index (χ1n) is 25.5. The number of carbonyl (C=O) groups is 7. The van der Waals surface area contributed by atoms with E-state index in [9.17, 15) is 43.8 Å². The number of nitrogens with zero attached hydrogens (tertiary/aromatic N) is 1. The number of unbranched alkanes of at least 4 members (excludes halogenated alkanes) is 15. The molecule has 0 aliphatic carbocycles. The van der Waals surface area contributed by atoms with Crippen molar-refractivity contribution in [3.8, 4) is 0 Å². The molecule has 18 heteroatoms. The van der Waals surface area contributed by atoms with Crippen molar-refractivity contribution in [2.45, 2.75) is 180 Å². The fourth-order valence-corrected chi connectivity index (χ4v) is 7.50. The average Bonchev–Trinajstić information content (AvgIpc) is 3.83. The summed E-state index contributed by atoms with van der Waals surface area (Å²) >= 11 is 0. The maximum atomic E-state index is 12.5. The molecule has 0 saturated carbocycles. The third-order valence-corrected chi connectivity index (χ3v) is 11.6. The fraction of sp³-hybridized carbons (Fsp3) is 0.800. The van der Waals surface area contributed by atoms with E-state index in [0.717, 1.165) is 19.3 Å². The number of carboxylic acid groups (broad SMARTS) is 2. The number of H-pyrrole nitrogens is 1. The van der Waals surface area contributed by atoms with Gasteiger partial charge in [0.25, 0.3) is 0 Å². The molecule has 1 heterocycles. The van der Waals surface area contributed by atoms with E-state index < -0.39 is 35.6 Å². The van der Waals surface area contributed by atoms with Crippen LogP contribution in [0.3, 0.4) is 0 Å². The zero-order chi connectivity index (χ0) is 49.9. The van der Waals surface area contributed by atoms with Gasteiger partial charge in [0.2, 0.25) is 11.8 Å². The zero-order valence-corrected chi connectivity index (χ0v) is 41.2. The number of amides is 2. The summed E-state index contributed by atoms with van der Waals surface area (Å²) in [6, 6.07) is -1.06. The lowest BCUT2D eigenvalue weighted by Crippen LogP contribution is -2.30. The average molecular weight is 965 g/mol. The number of hydrogen-bond acceptors (Lipinski definition) is 12. The summed E-state index contributed by atoms with van der Waals surface area (Å²) in [7, 11) is 0. The summed E-state index contributed by atoms with van der Waals surface area (Å²) < 4.78 is 21.6. The number of rotatable bonds is 50. The molecule has 2 amide bonds. The van der Waals surface area contributed by atoms with E-state index in [1.807, 2.05) is 0 Å². The molecule has 0 fully saturated rings. The maximum Gasteiger partial charge on any atom is 0.306 e. The van der Waals surface area contributed by atoms with Crippen molar-refractivity contribution in [3.05, 3.63) is 18.2 Å². The van der Waals surface area contributed by atoms with Gasteiger partial charge in [-0.15, -0.1) is 0 Å². The first kappa shape index (κ1) is 61.9. The van der Waals surface area contributed by atoms with Crippen LogP contribution in [0.15, 0.2) is 12.5 Å². The second-order valence-corrected chi connectivity index (χ2v) is 17.7. The van der Waals surface area contributed by atoms with Crippen molar-refractivity contribution in [1.29, 1.82) is 0 Å². The first-order chi connectivity index (χ1) is 32.9. The highest BCUT2D eigenvalue weighted by Gasteiger charge is 2.25. The summed E-state index contributed by atoms with van der Waals surface area (Å²) in [6.45, 7) is 4.00. The van der Waals surface area contributed by atoms with Crippen LogP contribution in [0.5, 0.6) is 0 Å². The molecule has 0 aromatic carbocycles. The van der Waals surface area contributed by atoms with Gasteiger partial charge in [-0.3, -0.25) is 33.6 Å². The summed E-state index contributed by atoms with van der Waals surface area (Å²) in [5.41, 5.74) is 8.66. The van der Waals surface area contributed by atoms with Gasteiger partial charge < -0.3 is 44.8 Å². The van der Waals surface area contributed by atoms with Crippen LogP contribution in [-0.4, -0.2) is 133 Å². The monoisotopic (exact) mass is 965 g/mol. The minimum Gasteiger partial charge on any atom is -0.481 e. The third kappa shape index (κ3) is 36.9. The number of nitrogens with one attached hydrogen (secondary N) is 4. The van der Waals surface area contributed by atoms with Crippen molar-refractivity contribution in [3.63, 3.8) is 0 Å². The molecule has 0 aliphatic heterocycles. The van der Waals surface area contributed by atoms with E-state index >= 15 is 0 Å². The van der Waals surface area contributed by atoms with Crippen LogP contribution >= 0.6 is 0 Å². The van der Waals surface area contributed by atoms with Crippen LogP contribution in [0.4, 0.5) is 0 Å². The van der Waals surface area contributed by atoms with Crippen molar-refractivity contribution < 1.29 is 62.7 Å². The van der Waals surface area contributed by atoms with Crippen molar-refractivity contribution in [2.24, 2.45) is 11.8 Å². The lowest BCUT2D eigenvalue weighted by atomic mass is 9.92. The molecule has 0 unspecified atom stereocenters. The van der Waals surface area contributed by atoms with Crippen LogP contribution in [0, 0.1) is 11.8 Å². The number of aromatic amines is 1. The predicted molar refractivity (Wildman–Crippen MR) is 257 cm³/mol. The topological polar surface area (TPSA) is 273 Å². The van der Waals surface area contributed by atoms with Gasteiger partial charge in [-0.05, 0) is 32.1 Å². The van der Waals surface area contributed by atoms with E-state index in [-0.39, 0.29) is 121 Å². The maximum absolute atomic E-state index is 12.5. The second-order valence-electron chi connectivity index (χ2n) is 17.7. The van der Waals surface area contributed by atoms with Crippen LogP contribution < -0.4 is 16.4 Å². The van der Waals surface area contributed by atoms with Gasteiger partial charge in [0.05, 0.1) is 57.2 Å². The summed E-state index contributed by atoms with van der Waals surface area (Å²) in [4.78, 5) is 91.3. The molecule has 1 aromatic heterocycles. The van der Waals surface area contributed by atoms with Gasteiger partial charge in [-0.25, -0.2) is 10.7 Å². The lowest BCUT2D eigenvalue weighted by molar-refractivity contribution is -0.144. The Hall–Kier alpha value is -4.10. The van der Waals surface area contributed by atoms with E-state index in [1.54, 1.807) is 0 Å². The van der Waals surface area contributed by atoms with E-state index in [2.05, 4.69) is 27.5 Å². The zero-order valence-electron chi connectivity index (χ0n) is 41.2. The Morgan fingerprint density at radius 1 is 0.574 bits per heavy atom. The van der Waals surface area contributed by atoms with E-state index in [1.165, 1.54) is 89.6 Å². The molecule has 3 atom stereocenters. The molecule has 1 radical (unpaired) electrons. The van der Waals surface area contributed by atoms with Crippen molar-refractivity contribution >= 4 is 41.1 Å². The van der Waals surface area contributed by atoms with Crippen LogP contribution in [0.2, 0.25) is 0 Å². The Morgan fingerprint density at radius 3 is 1.72 bits per heavy atom. The Morgan fingerprint density at radius 2 is 1.12 bits per heavy atom. The fourth-order valence-electron chi connectivity index (χ4n) is 7.50. The molecule has 1 aromatic rings. The van der Waals surface area contributed by atoms with Crippen LogP contribution in [0.25, 0.3) is 0 Å². The quantitative estimate of drug-likeness (QED) is 0.0421. The Balaban J connectivity index is 1.93. The predicted octanol–water partition coefficient (Wildman–Crippen LogP) is 6.78. The van der Waals surface area contributed by atoms with Gasteiger partial charge in [0.1, 0.15) is 19.0 Å². The number of ketones is 3. The summed E-state index contributed by atoms with van der Waals surface area (Å²) in [5, 5.41) is 24.5. The number of carboxylic acids is 2. The highest BCUT2D eigenvalue weighted by atomic mass is 16.5. The number of ether oxygens (including phenoxy) is 4. The number of aliphatic carboxylic acids is 2. The van der Waals surface area contributed by atoms with Crippen molar-refractivity contribution in [1.82, 2.24) is 26.3 Å². The molecule has 0 spiro atoms. The van der Waals surface area contributed by atoms with E-state index in [0.29, 0.717) is 44.5 Å². The molecule has 389 valence electrons. The molecule has 1 rings (SSSR count). The van der Waals surface area contributed by atoms with Gasteiger partial charge in [-0.1, -0.05) is 103 Å². The normalized spacial score (nSPS) is 12.6. The molecule has 0 bridgehead atoms. The van der Waals surface area contributed by atoms with Crippen LogP contribution in [-0.2, 0) is 58.9 Å². The summed E-state index contributed by atoms with van der Waals surface area (Å²) in [6.07, 6.45) is 24.0. The van der Waals surface area contributed by atoms with Gasteiger partial charge in [0.15, 0.2) is 11.6 Å². The molecule has 0 saturated heterocycles. The molecule has 68 heavy (non-hydrogen) atoms. The Labute approximate surface area is 405 Å². The third-order valence-electron chi connectivity index (χ3n) is 11.6. The van der Waals surface area contributed by atoms with Gasteiger partial charge in [-0.2, -0.15) is 0 Å². The van der Waals surface area contributed by atoms with Gasteiger partial charge >= 0.3 is 11.9 Å². The smallest absolute Gasteiger partial charge is 0.306 e. The first-order valence-corrected chi connectivity index (χ1v) is 25.5. The SMILES string of the molecule is CCCCCCCCCCCCCCCCCC(=O)C[C@@H](CCC(=O)NCCOCCOCC(=O)CCCOCCOCC(=O)NCCCC[C@H](CC(=O)[C@@H]([NH])Cc1cnc[nH]1)C(=O)O)C(=O)O. The van der Waals surface area contributed by atoms with E-state index in [4.69, 9.17) is 24.7 Å². The largest absolute Gasteiger partial charge is 0.481 e. The van der Waals surface area contributed by atoms with Crippen LogP contribution in [0.1, 0.15) is 173 Å². The standard InChI is InChI=1S/C50H86N5O13/c1-2-3-4-5-6-7-8-9-10-11-12-13-14-15-16-21-43(56)33-41(50(63)64)23-24-47(59)54-26-28-66-30-31-67-37-44(57)22-19-27-65-29-32-68-38-48(60)53-25-18-17-20-40(49(61)62)34-46(58)45(51)35-42-36-52-39-55-42/h36,39-41,45,51H,2-35,37-38H2,1H3,(H,52,55)(H,53,60)(H,54,59)(H,61,62)(H,63,64)/t40-,41-,45+/m1/s1. The second kappa shape index (κ2) is 43.0. The Kier molecular flexibility index (Phi) is 39.1. The highest BCUT2D eigenvalue weighted by Crippen LogP contribution is 2.18. The minimum atomic E-state index is -1.08. The molecular formula is C50H86N5O13. The van der Waals surface area contributed by atoms with Gasteiger partial charge in [0, 0.05) is 70.1 Å². The Bertz CT molecular complexity index is 1500. The summed E-state index contributed by atoms with van der Waals surface area (Å²) in [5.74, 6) is -5.13. The number of carbonyl (C=O) groups excluding carboxylic acids is 5. The molecule has 6 N–H and O–H groups in total. The van der Waals surface area contributed by atoms with Crippen molar-refractivity contribution in [2.75, 3.05) is 65.9 Å². The number of Topliss-reactive ketones (excluding diaryl/α,β-unsaturated/α-hetero) is 3. The molecule has 0 aliphatic rings. The minimum absolute atomic E-state index is 0.00704. The number of hydrogen-bond donors (Lipinski definition) is 5. The molecule has 18 nitrogen and oxygen atoms in total. The highest BCUT2D eigenvalue weighted by molar-refractivity contribution is 5.88. The number of imidazole rings is 1.